The molecular formula is C28H26F3NO2. The van der Waals surface area contributed by atoms with Crippen LogP contribution in [-0.2, 0) is 12.8 Å². The van der Waals surface area contributed by atoms with E-state index < -0.39 is 6.61 Å². The largest absolute Gasteiger partial charge is 0.492 e. The normalized spacial score (nSPS) is 11.2. The van der Waals surface area contributed by atoms with E-state index in [2.05, 4.69) is 16.6 Å². The maximum Gasteiger partial charge on any atom is 0.387 e. The molecule has 176 valence electrons. The second kappa shape index (κ2) is 11.1. The minimum atomic E-state index is -2.85. The average molecular weight is 466 g/mol. The molecule has 34 heavy (non-hydrogen) atoms. The smallest absolute Gasteiger partial charge is 0.387 e. The minimum Gasteiger partial charge on any atom is -0.492 e. The first-order valence-corrected chi connectivity index (χ1v) is 11.4. The second-order valence-corrected chi connectivity index (χ2v) is 8.08. The van der Waals surface area contributed by atoms with Crippen molar-refractivity contribution in [2.45, 2.75) is 39.2 Å². The quantitative estimate of drug-likeness (QED) is 0.226. The Bertz CT molecular complexity index is 1230. The molecule has 1 aromatic heterocycles. The number of hydrogen-bond donors (Lipinski definition) is 0. The van der Waals surface area contributed by atoms with Crippen LogP contribution in [0.4, 0.5) is 13.2 Å². The highest BCUT2D eigenvalue weighted by molar-refractivity contribution is 5.88. The van der Waals surface area contributed by atoms with Crippen molar-refractivity contribution in [1.29, 1.82) is 0 Å². The van der Waals surface area contributed by atoms with Gasteiger partial charge < -0.3 is 9.47 Å². The third kappa shape index (κ3) is 5.87. The summed E-state index contributed by atoms with van der Waals surface area (Å²) in [6.45, 7) is -0.0586. The summed E-state index contributed by atoms with van der Waals surface area (Å²) in [5.41, 5.74) is 3.24. The summed E-state index contributed by atoms with van der Waals surface area (Å²) in [6, 6.07) is 19.5. The van der Waals surface area contributed by atoms with E-state index in [0.717, 1.165) is 40.8 Å². The Morgan fingerprint density at radius 1 is 0.882 bits per heavy atom. The van der Waals surface area contributed by atoms with Crippen LogP contribution in [0.15, 0.2) is 72.9 Å². The van der Waals surface area contributed by atoms with Crippen LogP contribution in [0.2, 0.25) is 0 Å². The Morgan fingerprint density at radius 2 is 1.68 bits per heavy atom. The molecule has 0 aliphatic carbocycles. The number of aryl methyl sites for hydroxylation is 2. The molecule has 0 atom stereocenters. The van der Waals surface area contributed by atoms with Gasteiger partial charge in [-0.05, 0) is 66.1 Å². The van der Waals surface area contributed by atoms with Gasteiger partial charge in [-0.15, -0.1) is 0 Å². The molecule has 0 aliphatic rings. The first-order valence-electron chi connectivity index (χ1n) is 11.4. The lowest BCUT2D eigenvalue weighted by atomic mass is 9.98. The molecule has 3 nitrogen and oxygen atoms in total. The molecule has 0 unspecified atom stereocenters. The molecule has 6 heteroatoms. The summed E-state index contributed by atoms with van der Waals surface area (Å²) in [7, 11) is 0. The number of nitrogens with zero attached hydrogens (tertiary/aromatic N) is 1. The van der Waals surface area contributed by atoms with Crippen LogP contribution in [0.3, 0.4) is 0 Å². The molecule has 0 N–H and O–H groups in total. The molecule has 0 spiro atoms. The van der Waals surface area contributed by atoms with Gasteiger partial charge in [-0.3, -0.25) is 4.98 Å². The maximum atomic E-state index is 15.2. The first kappa shape index (κ1) is 23.6. The number of fused-ring (bicyclic) bond motifs is 1. The summed E-state index contributed by atoms with van der Waals surface area (Å²) >= 11 is 0. The molecule has 0 saturated carbocycles. The third-order valence-corrected chi connectivity index (χ3v) is 5.66. The number of benzene rings is 3. The predicted molar refractivity (Wildman–Crippen MR) is 128 cm³/mol. The fourth-order valence-corrected chi connectivity index (χ4v) is 3.78. The van der Waals surface area contributed by atoms with E-state index in [1.165, 1.54) is 12.1 Å². The van der Waals surface area contributed by atoms with Crippen molar-refractivity contribution >= 4 is 10.8 Å². The van der Waals surface area contributed by atoms with Crippen LogP contribution in [0.25, 0.3) is 22.0 Å². The molecule has 0 aliphatic heterocycles. The standard InChI is InChI=1S/C28H26F3NO2/c1-2-3-16-33-24-13-15-26(32-18-24)22-10-14-25-21(17-22)9-8-20(27(25)29)7-4-19-5-11-23(12-6-19)34-28(30)31/h5-6,8-15,17-18,28H,2-4,7,16H2,1H3. The highest BCUT2D eigenvalue weighted by Gasteiger charge is 2.10. The number of aromatic nitrogens is 1. The number of rotatable bonds is 10. The Labute approximate surface area is 197 Å². The molecule has 3 aromatic carbocycles. The highest BCUT2D eigenvalue weighted by Crippen LogP contribution is 2.28. The average Bonchev–Trinajstić information content (AvgIpc) is 2.85. The topological polar surface area (TPSA) is 31.4 Å². The van der Waals surface area contributed by atoms with Gasteiger partial charge in [0.1, 0.15) is 17.3 Å². The van der Waals surface area contributed by atoms with E-state index in [1.54, 1.807) is 30.5 Å². The van der Waals surface area contributed by atoms with Crippen molar-refractivity contribution in [3.05, 3.63) is 89.9 Å². The lowest BCUT2D eigenvalue weighted by Gasteiger charge is -2.10. The molecule has 0 bridgehead atoms. The monoisotopic (exact) mass is 465 g/mol. The summed E-state index contributed by atoms with van der Waals surface area (Å²) < 4.78 is 49.8. The van der Waals surface area contributed by atoms with Gasteiger partial charge >= 0.3 is 6.61 Å². The Hall–Kier alpha value is -3.54. The van der Waals surface area contributed by atoms with Crippen molar-refractivity contribution < 1.29 is 22.6 Å². The zero-order valence-electron chi connectivity index (χ0n) is 18.9. The van der Waals surface area contributed by atoms with Gasteiger partial charge in [0.15, 0.2) is 0 Å². The molecule has 0 fully saturated rings. The molecule has 0 saturated heterocycles. The third-order valence-electron chi connectivity index (χ3n) is 5.66. The fourth-order valence-electron chi connectivity index (χ4n) is 3.78. The Morgan fingerprint density at radius 3 is 2.38 bits per heavy atom. The number of unbranched alkanes of at least 4 members (excludes halogenated alkanes) is 1. The van der Waals surface area contributed by atoms with Gasteiger partial charge in [-0.25, -0.2) is 4.39 Å². The van der Waals surface area contributed by atoms with Gasteiger partial charge in [-0.2, -0.15) is 8.78 Å². The molecular weight excluding hydrogens is 439 g/mol. The van der Waals surface area contributed by atoms with Gasteiger partial charge in [0.25, 0.3) is 0 Å². The molecule has 4 rings (SSSR count). The van der Waals surface area contributed by atoms with Crippen LogP contribution in [-0.4, -0.2) is 18.2 Å². The first-order chi connectivity index (χ1) is 16.5. The Kier molecular flexibility index (Phi) is 7.68. The van der Waals surface area contributed by atoms with E-state index >= 15 is 4.39 Å². The molecule has 1 heterocycles. The van der Waals surface area contributed by atoms with Crippen LogP contribution < -0.4 is 9.47 Å². The van der Waals surface area contributed by atoms with Crippen LogP contribution >= 0.6 is 0 Å². The minimum absolute atomic E-state index is 0.111. The SMILES string of the molecule is CCCCOc1ccc(-c2ccc3c(F)c(CCc4ccc(OC(F)F)cc4)ccc3c2)nc1. The van der Waals surface area contributed by atoms with Crippen LogP contribution in [0.1, 0.15) is 30.9 Å². The van der Waals surface area contributed by atoms with Gasteiger partial charge in [-0.1, -0.05) is 49.7 Å². The summed E-state index contributed by atoms with van der Waals surface area (Å²) in [5.74, 6) is 0.610. The van der Waals surface area contributed by atoms with E-state index in [0.29, 0.717) is 30.4 Å². The zero-order valence-corrected chi connectivity index (χ0v) is 18.9. The van der Waals surface area contributed by atoms with Crippen molar-refractivity contribution in [1.82, 2.24) is 4.98 Å². The number of halogens is 3. The number of hydrogen-bond acceptors (Lipinski definition) is 3. The molecule has 4 aromatic rings. The van der Waals surface area contributed by atoms with Gasteiger partial charge in [0.05, 0.1) is 18.5 Å². The van der Waals surface area contributed by atoms with E-state index in [9.17, 15) is 8.78 Å². The zero-order chi connectivity index (χ0) is 23.9. The van der Waals surface area contributed by atoms with Crippen molar-refractivity contribution in [3.8, 4) is 22.8 Å². The predicted octanol–water partition coefficient (Wildman–Crippen LogP) is 7.61. The maximum absolute atomic E-state index is 15.2. The molecule has 0 radical (unpaired) electrons. The molecule has 0 amide bonds. The fraction of sp³-hybridized carbons (Fsp3) is 0.250. The van der Waals surface area contributed by atoms with Crippen molar-refractivity contribution in [2.24, 2.45) is 0 Å². The second-order valence-electron chi connectivity index (χ2n) is 8.08. The van der Waals surface area contributed by atoms with Crippen LogP contribution in [0, 0.1) is 5.82 Å². The Balaban J connectivity index is 1.45. The van der Waals surface area contributed by atoms with Gasteiger partial charge in [0.2, 0.25) is 0 Å². The van der Waals surface area contributed by atoms with E-state index in [1.807, 2.05) is 30.3 Å². The lowest BCUT2D eigenvalue weighted by Crippen LogP contribution is -2.02. The number of pyridine rings is 1. The van der Waals surface area contributed by atoms with Gasteiger partial charge in [0, 0.05) is 10.9 Å². The number of alkyl halides is 2. The summed E-state index contributed by atoms with van der Waals surface area (Å²) in [4.78, 5) is 4.49. The van der Waals surface area contributed by atoms with Crippen LogP contribution in [0.5, 0.6) is 11.5 Å². The van der Waals surface area contributed by atoms with Crippen molar-refractivity contribution in [2.75, 3.05) is 6.61 Å². The van der Waals surface area contributed by atoms with Crippen molar-refractivity contribution in [3.63, 3.8) is 0 Å². The highest BCUT2D eigenvalue weighted by atomic mass is 19.3. The van der Waals surface area contributed by atoms with E-state index in [4.69, 9.17) is 4.74 Å². The summed E-state index contributed by atoms with van der Waals surface area (Å²) in [6.07, 6.45) is 4.88. The lowest BCUT2D eigenvalue weighted by molar-refractivity contribution is -0.0498. The van der Waals surface area contributed by atoms with E-state index in [-0.39, 0.29) is 11.6 Å². The summed E-state index contributed by atoms with van der Waals surface area (Å²) in [5, 5.41) is 1.36. The number of ether oxygens (including phenoxy) is 2.